The molecule has 1 aromatic carbocycles. The molecule has 0 radical (unpaired) electrons. The molecule has 8 heteroatoms. The third kappa shape index (κ3) is 2.37. The van der Waals surface area contributed by atoms with Gasteiger partial charge >= 0.3 is 0 Å². The molecule has 1 N–H and O–H groups in total. The molecule has 24 heavy (non-hydrogen) atoms. The lowest BCUT2D eigenvalue weighted by Gasteiger charge is -2.11. The van der Waals surface area contributed by atoms with E-state index < -0.39 is 30.9 Å². The number of fused-ring (bicyclic) bond motifs is 2. The minimum absolute atomic E-state index is 0.00882. The fourth-order valence-electron chi connectivity index (χ4n) is 2.34. The maximum atomic E-state index is 14.6. The van der Waals surface area contributed by atoms with Crippen LogP contribution in [0.2, 0.25) is 0 Å². The van der Waals surface area contributed by atoms with Gasteiger partial charge in [-0.3, -0.25) is 4.40 Å². The van der Waals surface area contributed by atoms with Crippen molar-refractivity contribution >= 4 is 33.3 Å². The largest absolute Gasteiger partial charge is 0.493 e. The third-order valence-electron chi connectivity index (χ3n) is 3.43. The summed E-state index contributed by atoms with van der Waals surface area (Å²) in [7, 11) is 0. The van der Waals surface area contributed by atoms with E-state index in [0.717, 1.165) is 6.07 Å². The summed E-state index contributed by atoms with van der Waals surface area (Å²) >= 11 is 3.27. The number of benzene rings is 1. The van der Waals surface area contributed by atoms with Crippen molar-refractivity contribution in [3.05, 3.63) is 57.4 Å². The number of nitrogens with zero attached hydrogens (tertiary/aromatic N) is 4. The van der Waals surface area contributed by atoms with Gasteiger partial charge in [0.25, 0.3) is 5.82 Å². The predicted molar refractivity (Wildman–Crippen MR) is 89.9 cm³/mol. The fraction of sp³-hybridized carbons (Fsp3) is 0.188. The van der Waals surface area contributed by atoms with E-state index in [1.807, 2.05) is 0 Å². The Balaban J connectivity index is 1.83. The number of aromatic nitrogens is 3. The molecule has 0 bridgehead atoms. The minimum Gasteiger partial charge on any atom is -0.493 e. The van der Waals surface area contributed by atoms with E-state index in [1.165, 1.54) is 22.9 Å². The SMILES string of the molecule is [2H]C1Oc2ccc(F)c(C([2H])([2H])Nc3ncc(Br)c4nc([N+]#[C-])cn34)c2C1[2H]. The molecule has 0 saturated heterocycles. The van der Waals surface area contributed by atoms with E-state index in [-0.39, 0.29) is 23.1 Å². The Hall–Kier alpha value is -2.66. The second kappa shape index (κ2) is 5.76. The number of anilines is 1. The quantitative estimate of drug-likeness (QED) is 0.691. The highest BCUT2D eigenvalue weighted by molar-refractivity contribution is 9.10. The lowest BCUT2D eigenvalue weighted by atomic mass is 10.0. The number of halogens is 2. The van der Waals surface area contributed by atoms with Gasteiger partial charge in [0.15, 0.2) is 0 Å². The van der Waals surface area contributed by atoms with E-state index in [9.17, 15) is 4.39 Å². The van der Waals surface area contributed by atoms with Crippen molar-refractivity contribution in [3.8, 4) is 5.75 Å². The topological polar surface area (TPSA) is 55.8 Å². The summed E-state index contributed by atoms with van der Waals surface area (Å²) in [6, 6.07) is 2.33. The summed E-state index contributed by atoms with van der Waals surface area (Å²) in [5, 5.41) is 2.53. The van der Waals surface area contributed by atoms with Crippen LogP contribution in [0.15, 0.2) is 29.0 Å². The van der Waals surface area contributed by atoms with Crippen LogP contribution >= 0.6 is 15.9 Å². The number of ether oxygens (including phenoxy) is 1. The van der Waals surface area contributed by atoms with Crippen LogP contribution in [-0.2, 0) is 12.9 Å². The normalized spacial score (nSPS) is 21.9. The predicted octanol–water partition coefficient (Wildman–Crippen LogP) is 3.73. The first-order chi connectivity index (χ1) is 13.2. The van der Waals surface area contributed by atoms with Crippen molar-refractivity contribution in [2.45, 2.75) is 12.9 Å². The summed E-state index contributed by atoms with van der Waals surface area (Å²) in [6.07, 6.45) is 1.51. The number of nitrogens with one attached hydrogen (secondary N) is 1. The Morgan fingerprint density at radius 3 is 3.29 bits per heavy atom. The molecule has 1 aliphatic heterocycles. The van der Waals surface area contributed by atoms with Crippen molar-refractivity contribution in [2.24, 2.45) is 0 Å². The zero-order valence-corrected chi connectivity index (χ0v) is 13.5. The molecule has 3 heterocycles. The minimum atomic E-state index is -2.49. The average molecular weight is 392 g/mol. The molecule has 0 amide bonds. The Morgan fingerprint density at radius 1 is 1.58 bits per heavy atom. The molecule has 0 aliphatic carbocycles. The van der Waals surface area contributed by atoms with Gasteiger partial charge < -0.3 is 14.9 Å². The van der Waals surface area contributed by atoms with Gasteiger partial charge in [0.1, 0.15) is 16.0 Å². The van der Waals surface area contributed by atoms with Gasteiger partial charge in [0.05, 0.1) is 16.9 Å². The van der Waals surface area contributed by atoms with Gasteiger partial charge in [-0.25, -0.2) is 9.37 Å². The van der Waals surface area contributed by atoms with Crippen molar-refractivity contribution in [2.75, 3.05) is 11.9 Å². The second-order valence-electron chi connectivity index (χ2n) is 4.84. The molecule has 2 unspecified atom stereocenters. The van der Waals surface area contributed by atoms with Crippen molar-refractivity contribution < 1.29 is 14.6 Å². The van der Waals surface area contributed by atoms with Crippen LogP contribution in [0.4, 0.5) is 16.2 Å². The standard InChI is InChI=1S/C16H11BrFN5O/c1-19-14-8-23-15(22-14)11(17)7-21-16(23)20-6-10-9-4-5-24-13(9)3-2-12(10)18/h2-3,7-8H,4-6H2,(H,20,21)/i4D,5D,6D2. The van der Waals surface area contributed by atoms with Crippen LogP contribution < -0.4 is 10.1 Å². The molecule has 3 aromatic rings. The van der Waals surface area contributed by atoms with Crippen LogP contribution in [-0.4, -0.2) is 21.0 Å². The molecule has 6 nitrogen and oxygen atoms in total. The third-order valence-corrected chi connectivity index (χ3v) is 3.99. The van der Waals surface area contributed by atoms with E-state index >= 15 is 0 Å². The summed E-state index contributed by atoms with van der Waals surface area (Å²) in [4.78, 5) is 11.5. The maximum absolute atomic E-state index is 14.6. The van der Waals surface area contributed by atoms with Gasteiger partial charge in [0.2, 0.25) is 11.6 Å². The van der Waals surface area contributed by atoms with E-state index in [2.05, 4.69) is 36.1 Å². The highest BCUT2D eigenvalue weighted by Gasteiger charge is 2.20. The van der Waals surface area contributed by atoms with Gasteiger partial charge in [-0.05, 0) is 28.1 Å². The van der Waals surface area contributed by atoms with E-state index in [0.29, 0.717) is 10.1 Å². The van der Waals surface area contributed by atoms with Crippen molar-refractivity contribution in [1.29, 1.82) is 0 Å². The second-order valence-corrected chi connectivity index (χ2v) is 5.69. The van der Waals surface area contributed by atoms with Gasteiger partial charge in [-0.1, -0.05) is 11.6 Å². The molecule has 0 saturated carbocycles. The smallest absolute Gasteiger partial charge is 0.288 e. The van der Waals surface area contributed by atoms with Gasteiger partial charge in [-0.2, -0.15) is 0 Å². The number of rotatable bonds is 3. The molecule has 0 spiro atoms. The number of imidazole rings is 1. The highest BCUT2D eigenvalue weighted by Crippen LogP contribution is 2.31. The lowest BCUT2D eigenvalue weighted by Crippen LogP contribution is -2.09. The van der Waals surface area contributed by atoms with E-state index in [1.54, 1.807) is 0 Å². The summed E-state index contributed by atoms with van der Waals surface area (Å²) in [6.45, 7) is 3.35. The summed E-state index contributed by atoms with van der Waals surface area (Å²) < 4.78 is 54.3. The Bertz CT molecular complexity index is 1150. The van der Waals surface area contributed by atoms with Crippen LogP contribution in [0.5, 0.6) is 5.75 Å². The molecule has 2 atom stereocenters. The fourth-order valence-corrected chi connectivity index (χ4v) is 2.73. The first kappa shape index (κ1) is 11.0. The Morgan fingerprint density at radius 2 is 2.46 bits per heavy atom. The van der Waals surface area contributed by atoms with Crippen LogP contribution in [0.1, 0.15) is 16.6 Å². The molecular weight excluding hydrogens is 377 g/mol. The first-order valence-corrected chi connectivity index (χ1v) is 7.55. The van der Waals surface area contributed by atoms with E-state index in [4.69, 9.17) is 16.8 Å². The molecule has 2 aromatic heterocycles. The van der Waals surface area contributed by atoms with Crippen LogP contribution in [0.25, 0.3) is 10.5 Å². The average Bonchev–Trinajstić information content (AvgIpc) is 3.20. The van der Waals surface area contributed by atoms with Crippen LogP contribution in [0, 0.1) is 12.4 Å². The highest BCUT2D eigenvalue weighted by atomic mass is 79.9. The van der Waals surface area contributed by atoms with Gasteiger partial charge in [0, 0.05) is 31.6 Å². The van der Waals surface area contributed by atoms with Gasteiger partial charge in [-0.15, -0.1) is 0 Å². The molecule has 4 rings (SSSR count). The monoisotopic (exact) mass is 391 g/mol. The zero-order chi connectivity index (χ0) is 20.2. The first-order valence-electron chi connectivity index (χ1n) is 8.91. The Labute approximate surface area is 150 Å². The van der Waals surface area contributed by atoms with Crippen molar-refractivity contribution in [3.63, 3.8) is 0 Å². The molecule has 120 valence electrons. The number of hydrogen-bond acceptors (Lipinski definition) is 4. The summed E-state index contributed by atoms with van der Waals surface area (Å²) in [5.74, 6) is -0.688. The lowest BCUT2D eigenvalue weighted by molar-refractivity contribution is 0.356. The molecule has 1 aliphatic rings. The zero-order valence-electron chi connectivity index (χ0n) is 15.9. The maximum Gasteiger partial charge on any atom is 0.288 e. The molecule has 0 fully saturated rings. The van der Waals surface area contributed by atoms with Crippen LogP contribution in [0.3, 0.4) is 0 Å². The summed E-state index contributed by atoms with van der Waals surface area (Å²) in [5.41, 5.74) is -0.0903. The molecular formula is C16H11BrFN5O. The van der Waals surface area contributed by atoms with Crippen molar-refractivity contribution in [1.82, 2.24) is 14.4 Å². The number of hydrogen-bond donors (Lipinski definition) is 1. The Kier molecular flexibility index (Phi) is 2.64.